The van der Waals surface area contributed by atoms with Gasteiger partial charge in [-0.3, -0.25) is 9.00 Å². The van der Waals surface area contributed by atoms with E-state index in [1.807, 2.05) is 29.2 Å². The van der Waals surface area contributed by atoms with E-state index in [4.69, 9.17) is 5.11 Å². The largest absolute Gasteiger partial charge is 0.392 e. The second-order valence-electron chi connectivity index (χ2n) is 7.04. The predicted octanol–water partition coefficient (Wildman–Crippen LogP) is 2.61. The van der Waals surface area contributed by atoms with Crippen molar-refractivity contribution in [3.8, 4) is 0 Å². The number of carbonyl (C=O) groups is 1. The highest BCUT2D eigenvalue weighted by atomic mass is 32.2. The van der Waals surface area contributed by atoms with Crippen molar-refractivity contribution < 1.29 is 14.1 Å². The lowest BCUT2D eigenvalue weighted by molar-refractivity contribution is -0.134. The van der Waals surface area contributed by atoms with Crippen LogP contribution in [0.2, 0.25) is 0 Å². The zero-order chi connectivity index (χ0) is 16.9. The van der Waals surface area contributed by atoms with Crippen LogP contribution in [0.1, 0.15) is 49.7 Å². The summed E-state index contributed by atoms with van der Waals surface area (Å²) in [6.45, 7) is 0.849. The van der Waals surface area contributed by atoms with Gasteiger partial charge in [-0.2, -0.15) is 0 Å². The highest BCUT2D eigenvalue weighted by Gasteiger charge is 2.35. The molecule has 1 aromatic rings. The summed E-state index contributed by atoms with van der Waals surface area (Å²) in [5.74, 6) is 1.26. The smallest absolute Gasteiger partial charge is 0.235 e. The molecule has 1 N–H and O–H groups in total. The highest BCUT2D eigenvalue weighted by molar-refractivity contribution is 7.84. The number of nitrogens with zero attached hydrogens (tertiary/aromatic N) is 1. The molecule has 3 rings (SSSR count). The van der Waals surface area contributed by atoms with E-state index in [0.29, 0.717) is 17.7 Å². The molecule has 3 atom stereocenters. The van der Waals surface area contributed by atoms with Crippen LogP contribution < -0.4 is 0 Å². The number of rotatable bonds is 5. The second kappa shape index (κ2) is 8.26. The van der Waals surface area contributed by atoms with Gasteiger partial charge < -0.3 is 10.0 Å². The predicted molar refractivity (Wildman–Crippen MR) is 95.8 cm³/mol. The van der Waals surface area contributed by atoms with Gasteiger partial charge in [0.15, 0.2) is 0 Å². The van der Waals surface area contributed by atoms with Crippen LogP contribution in [-0.2, 0) is 28.0 Å². The minimum atomic E-state index is -1.18. The Kier molecular flexibility index (Phi) is 6.06. The number of piperidine rings is 1. The molecule has 3 unspecified atom stereocenters. The van der Waals surface area contributed by atoms with Crippen LogP contribution in [-0.4, -0.2) is 38.5 Å². The first-order valence-corrected chi connectivity index (χ1v) is 10.5. The average molecular weight is 349 g/mol. The molecule has 4 nitrogen and oxygen atoms in total. The number of aliphatic hydroxyl groups excluding tert-OH is 1. The molecular weight excluding hydrogens is 322 g/mol. The molecule has 5 heteroatoms. The molecule has 1 saturated heterocycles. The van der Waals surface area contributed by atoms with Gasteiger partial charge in [0.2, 0.25) is 5.91 Å². The van der Waals surface area contributed by atoms with E-state index in [0.717, 1.165) is 30.5 Å². The van der Waals surface area contributed by atoms with Crippen LogP contribution >= 0.6 is 0 Å². The third-order valence-electron chi connectivity index (χ3n) is 5.38. The summed E-state index contributed by atoms with van der Waals surface area (Å²) in [4.78, 5) is 14.7. The third kappa shape index (κ3) is 4.25. The number of hydrogen-bond acceptors (Lipinski definition) is 3. The summed E-state index contributed by atoms with van der Waals surface area (Å²) in [7, 11) is -1.18. The normalized spacial score (nSPS) is 25.1. The molecule has 2 fully saturated rings. The molecule has 1 heterocycles. The Morgan fingerprint density at radius 3 is 2.50 bits per heavy atom. The lowest BCUT2D eigenvalue weighted by Crippen LogP contribution is -2.50. The summed E-state index contributed by atoms with van der Waals surface area (Å²) in [5, 5.41) is 9.06. The van der Waals surface area contributed by atoms with E-state index in [1.54, 1.807) is 0 Å². The Morgan fingerprint density at radius 1 is 1.08 bits per heavy atom. The Morgan fingerprint density at radius 2 is 1.75 bits per heavy atom. The lowest BCUT2D eigenvalue weighted by atomic mass is 9.78. The maximum atomic E-state index is 12.7. The molecule has 0 bridgehead atoms. The standard InChI is InChI=1S/C19H27NO3S/c21-12-15-7-9-16(10-8-15)13-24(23)14-19(22)20-11-3-5-17-4-1-2-6-18(17)20/h7-10,17-18,21H,1-6,11-14H2. The monoisotopic (exact) mass is 349 g/mol. The Balaban J connectivity index is 1.55. The zero-order valence-corrected chi connectivity index (χ0v) is 15.0. The lowest BCUT2D eigenvalue weighted by Gasteiger charge is -2.44. The van der Waals surface area contributed by atoms with Crippen LogP contribution in [0.15, 0.2) is 24.3 Å². The molecule has 2 aliphatic rings. The molecule has 1 aliphatic heterocycles. The summed E-state index contributed by atoms with van der Waals surface area (Å²) in [6, 6.07) is 7.83. The fourth-order valence-corrected chi connectivity index (χ4v) is 5.24. The topological polar surface area (TPSA) is 57.6 Å². The van der Waals surface area contributed by atoms with E-state index in [9.17, 15) is 9.00 Å². The first kappa shape index (κ1) is 17.6. The maximum Gasteiger partial charge on any atom is 0.235 e. The van der Waals surface area contributed by atoms with Crippen LogP contribution in [0.25, 0.3) is 0 Å². The Hall–Kier alpha value is -1.20. The number of benzene rings is 1. The number of fused-ring (bicyclic) bond motifs is 1. The molecule has 0 aromatic heterocycles. The molecule has 0 radical (unpaired) electrons. The van der Waals surface area contributed by atoms with Crippen molar-refractivity contribution in [2.45, 2.75) is 56.9 Å². The molecule has 1 aliphatic carbocycles. The van der Waals surface area contributed by atoms with Crippen molar-refractivity contribution in [2.75, 3.05) is 12.3 Å². The summed E-state index contributed by atoms with van der Waals surface area (Å²) in [6.07, 6.45) is 7.20. The number of carbonyl (C=O) groups excluding carboxylic acids is 1. The molecule has 1 saturated carbocycles. The first-order valence-electron chi connectivity index (χ1n) is 9.00. The zero-order valence-electron chi connectivity index (χ0n) is 14.2. The van der Waals surface area contributed by atoms with Gasteiger partial charge >= 0.3 is 0 Å². The van der Waals surface area contributed by atoms with Gasteiger partial charge in [-0.05, 0) is 42.7 Å². The van der Waals surface area contributed by atoms with Crippen LogP contribution in [0.4, 0.5) is 0 Å². The van der Waals surface area contributed by atoms with Crippen molar-refractivity contribution in [1.82, 2.24) is 4.90 Å². The van der Waals surface area contributed by atoms with E-state index in [1.165, 1.54) is 25.7 Å². The molecule has 1 aromatic carbocycles. The second-order valence-corrected chi connectivity index (χ2v) is 8.50. The Labute approximate surface area is 146 Å². The van der Waals surface area contributed by atoms with Crippen molar-refractivity contribution in [2.24, 2.45) is 5.92 Å². The number of amides is 1. The van der Waals surface area contributed by atoms with Crippen molar-refractivity contribution in [3.63, 3.8) is 0 Å². The maximum absolute atomic E-state index is 12.7. The first-order chi connectivity index (χ1) is 11.7. The average Bonchev–Trinajstić information content (AvgIpc) is 2.61. The minimum Gasteiger partial charge on any atom is -0.392 e. The summed E-state index contributed by atoms with van der Waals surface area (Å²) in [5.41, 5.74) is 1.80. The van der Waals surface area contributed by atoms with Gasteiger partial charge in [0, 0.05) is 29.1 Å². The fraction of sp³-hybridized carbons (Fsp3) is 0.632. The number of hydrogen-bond donors (Lipinski definition) is 1. The third-order valence-corrected chi connectivity index (χ3v) is 6.61. The molecule has 24 heavy (non-hydrogen) atoms. The van der Waals surface area contributed by atoms with Crippen LogP contribution in [0.5, 0.6) is 0 Å². The van der Waals surface area contributed by atoms with Gasteiger partial charge in [-0.15, -0.1) is 0 Å². The summed E-state index contributed by atoms with van der Waals surface area (Å²) >= 11 is 0. The molecule has 0 spiro atoms. The molecule has 1 amide bonds. The molecule has 132 valence electrons. The van der Waals surface area contributed by atoms with Gasteiger partial charge in [0.25, 0.3) is 0 Å². The van der Waals surface area contributed by atoms with E-state index < -0.39 is 10.8 Å². The summed E-state index contributed by atoms with van der Waals surface area (Å²) < 4.78 is 12.4. The SMILES string of the molecule is O=C(CS(=O)Cc1ccc(CO)cc1)N1CCCC2CCCCC21. The van der Waals surface area contributed by atoms with Crippen LogP contribution in [0, 0.1) is 5.92 Å². The van der Waals surface area contributed by atoms with Gasteiger partial charge in [0.1, 0.15) is 5.75 Å². The fourth-order valence-electron chi connectivity index (χ4n) is 4.13. The van der Waals surface area contributed by atoms with E-state index in [2.05, 4.69) is 0 Å². The Bertz CT molecular complexity index is 585. The van der Waals surface area contributed by atoms with Crippen molar-refractivity contribution in [1.29, 1.82) is 0 Å². The minimum absolute atomic E-state index is 0.0133. The van der Waals surface area contributed by atoms with Gasteiger partial charge in [-0.1, -0.05) is 37.1 Å². The van der Waals surface area contributed by atoms with Gasteiger partial charge in [0.05, 0.1) is 6.61 Å². The van der Waals surface area contributed by atoms with Crippen LogP contribution in [0.3, 0.4) is 0 Å². The van der Waals surface area contributed by atoms with Crippen molar-refractivity contribution >= 4 is 16.7 Å². The van der Waals surface area contributed by atoms with Crippen molar-refractivity contribution in [3.05, 3.63) is 35.4 Å². The quantitative estimate of drug-likeness (QED) is 0.889. The van der Waals surface area contributed by atoms with Gasteiger partial charge in [-0.25, -0.2) is 0 Å². The molecular formula is C19H27NO3S. The highest BCUT2D eigenvalue weighted by Crippen LogP contribution is 2.35. The number of likely N-dealkylation sites (tertiary alicyclic amines) is 1. The number of aliphatic hydroxyl groups is 1. The van der Waals surface area contributed by atoms with E-state index in [-0.39, 0.29) is 18.3 Å². The van der Waals surface area contributed by atoms with E-state index >= 15 is 0 Å².